The summed E-state index contributed by atoms with van der Waals surface area (Å²) in [5.74, 6) is -0.186. The van der Waals surface area contributed by atoms with Gasteiger partial charge in [0.05, 0.1) is 20.0 Å². The fourth-order valence-corrected chi connectivity index (χ4v) is 1.56. The van der Waals surface area contributed by atoms with Crippen LogP contribution in [0.15, 0.2) is 30.7 Å². The third-order valence-electron chi connectivity index (χ3n) is 2.39. The number of benzene rings is 1. The van der Waals surface area contributed by atoms with Crippen molar-refractivity contribution in [1.29, 1.82) is 0 Å². The average Bonchev–Trinajstić information content (AvgIpc) is 2.79. The van der Waals surface area contributed by atoms with E-state index in [1.165, 1.54) is 13.4 Å². The molecule has 4 nitrogen and oxygen atoms in total. The van der Waals surface area contributed by atoms with E-state index in [0.717, 1.165) is 0 Å². The smallest absolute Gasteiger partial charge is 0.170 e. The SMILES string of the molecule is COc1cccc(Cn2cnc(C=O)c2)c1F. The Bertz CT molecular complexity index is 537. The molecule has 0 N–H and O–H groups in total. The Hall–Kier alpha value is -2.17. The van der Waals surface area contributed by atoms with Crippen molar-refractivity contribution in [2.24, 2.45) is 0 Å². The van der Waals surface area contributed by atoms with Crippen LogP contribution in [0, 0.1) is 5.82 Å². The fraction of sp³-hybridized carbons (Fsp3) is 0.167. The Morgan fingerprint density at radius 1 is 1.53 bits per heavy atom. The Balaban J connectivity index is 2.26. The summed E-state index contributed by atoms with van der Waals surface area (Å²) in [6, 6.07) is 4.94. The molecule has 1 heterocycles. The van der Waals surface area contributed by atoms with Crippen LogP contribution < -0.4 is 4.74 Å². The molecule has 1 aromatic carbocycles. The van der Waals surface area contributed by atoms with Gasteiger partial charge in [0, 0.05) is 11.8 Å². The van der Waals surface area contributed by atoms with Crippen molar-refractivity contribution in [3.63, 3.8) is 0 Å². The van der Waals surface area contributed by atoms with Gasteiger partial charge in [-0.3, -0.25) is 4.79 Å². The lowest BCUT2D eigenvalue weighted by Gasteiger charge is -2.07. The maximum atomic E-state index is 13.8. The number of aromatic nitrogens is 2. The van der Waals surface area contributed by atoms with Crippen LogP contribution in [0.3, 0.4) is 0 Å². The fourth-order valence-electron chi connectivity index (χ4n) is 1.56. The van der Waals surface area contributed by atoms with Gasteiger partial charge in [0.25, 0.3) is 0 Å². The van der Waals surface area contributed by atoms with E-state index in [-0.39, 0.29) is 5.75 Å². The molecule has 0 saturated heterocycles. The maximum Gasteiger partial charge on any atom is 0.170 e. The van der Waals surface area contributed by atoms with Crippen LogP contribution in [0.2, 0.25) is 0 Å². The number of carbonyl (C=O) groups is 1. The molecule has 0 aliphatic heterocycles. The predicted octanol–water partition coefficient (Wildman–Crippen LogP) is 1.89. The van der Waals surface area contributed by atoms with E-state index in [0.29, 0.717) is 24.1 Å². The minimum absolute atomic E-state index is 0.207. The second-order valence-electron chi connectivity index (χ2n) is 3.52. The van der Waals surface area contributed by atoms with Gasteiger partial charge in [0.2, 0.25) is 0 Å². The van der Waals surface area contributed by atoms with Crippen LogP contribution in [0.5, 0.6) is 5.75 Å². The molecule has 0 spiro atoms. The number of aldehydes is 1. The van der Waals surface area contributed by atoms with E-state index in [4.69, 9.17) is 4.74 Å². The van der Waals surface area contributed by atoms with Gasteiger partial charge in [-0.1, -0.05) is 12.1 Å². The van der Waals surface area contributed by atoms with Crippen molar-refractivity contribution in [3.05, 3.63) is 47.8 Å². The summed E-state index contributed by atoms with van der Waals surface area (Å²) in [6.45, 7) is 0.309. The van der Waals surface area contributed by atoms with Crippen molar-refractivity contribution < 1.29 is 13.9 Å². The number of rotatable bonds is 4. The molecule has 0 amide bonds. The second-order valence-corrected chi connectivity index (χ2v) is 3.52. The van der Waals surface area contributed by atoms with Crippen LogP contribution in [0.25, 0.3) is 0 Å². The standard InChI is InChI=1S/C12H11FN2O2/c1-17-11-4-2-3-9(12(11)13)5-15-6-10(7-16)14-8-15/h2-4,6-8H,5H2,1H3. The zero-order valence-electron chi connectivity index (χ0n) is 9.26. The van der Waals surface area contributed by atoms with Crippen molar-refractivity contribution in [1.82, 2.24) is 9.55 Å². The number of carbonyl (C=O) groups excluding carboxylic acids is 1. The van der Waals surface area contributed by atoms with Crippen molar-refractivity contribution >= 4 is 6.29 Å². The van der Waals surface area contributed by atoms with E-state index in [2.05, 4.69) is 4.98 Å². The average molecular weight is 234 g/mol. The lowest BCUT2D eigenvalue weighted by atomic mass is 10.2. The van der Waals surface area contributed by atoms with Gasteiger partial charge in [0.1, 0.15) is 5.69 Å². The molecular formula is C12H11FN2O2. The van der Waals surface area contributed by atoms with Crippen LogP contribution >= 0.6 is 0 Å². The number of hydrogen-bond acceptors (Lipinski definition) is 3. The molecule has 0 fully saturated rings. The minimum Gasteiger partial charge on any atom is -0.494 e. The first-order valence-electron chi connectivity index (χ1n) is 5.03. The lowest BCUT2D eigenvalue weighted by molar-refractivity contribution is 0.111. The number of halogens is 1. The Morgan fingerprint density at radius 2 is 2.35 bits per heavy atom. The predicted molar refractivity (Wildman–Crippen MR) is 59.7 cm³/mol. The largest absolute Gasteiger partial charge is 0.494 e. The quantitative estimate of drug-likeness (QED) is 0.759. The summed E-state index contributed by atoms with van der Waals surface area (Å²) in [5, 5.41) is 0. The highest BCUT2D eigenvalue weighted by molar-refractivity contribution is 5.70. The Labute approximate surface area is 97.7 Å². The molecular weight excluding hydrogens is 223 g/mol. The summed E-state index contributed by atoms with van der Waals surface area (Å²) in [4.78, 5) is 14.3. The van der Waals surface area contributed by atoms with Gasteiger partial charge in [-0.05, 0) is 6.07 Å². The monoisotopic (exact) mass is 234 g/mol. The molecule has 5 heteroatoms. The topological polar surface area (TPSA) is 44.1 Å². The molecule has 88 valence electrons. The summed E-state index contributed by atoms with van der Waals surface area (Å²) >= 11 is 0. The molecule has 2 rings (SSSR count). The van der Waals surface area contributed by atoms with Crippen LogP contribution in [0.1, 0.15) is 16.1 Å². The minimum atomic E-state index is -0.392. The van der Waals surface area contributed by atoms with Crippen molar-refractivity contribution in [2.75, 3.05) is 7.11 Å². The molecule has 0 aliphatic rings. The molecule has 0 atom stereocenters. The number of imidazole rings is 1. The van der Waals surface area contributed by atoms with Crippen LogP contribution in [-0.4, -0.2) is 22.9 Å². The normalized spacial score (nSPS) is 10.2. The van der Waals surface area contributed by atoms with Gasteiger partial charge in [0.15, 0.2) is 17.9 Å². The van der Waals surface area contributed by atoms with E-state index in [1.807, 2.05) is 0 Å². The van der Waals surface area contributed by atoms with Gasteiger partial charge in [-0.25, -0.2) is 9.37 Å². The highest BCUT2D eigenvalue weighted by Crippen LogP contribution is 2.20. The number of hydrogen-bond donors (Lipinski definition) is 0. The zero-order valence-corrected chi connectivity index (χ0v) is 9.26. The third-order valence-corrected chi connectivity index (χ3v) is 2.39. The molecule has 0 bridgehead atoms. The molecule has 1 aromatic heterocycles. The van der Waals surface area contributed by atoms with Gasteiger partial charge in [-0.15, -0.1) is 0 Å². The Morgan fingerprint density at radius 3 is 3.00 bits per heavy atom. The summed E-state index contributed by atoms with van der Waals surface area (Å²) in [7, 11) is 1.42. The summed E-state index contributed by atoms with van der Waals surface area (Å²) in [5.41, 5.74) is 0.813. The summed E-state index contributed by atoms with van der Waals surface area (Å²) < 4.78 is 20.4. The van der Waals surface area contributed by atoms with Crippen LogP contribution in [-0.2, 0) is 6.54 Å². The Kier molecular flexibility index (Phi) is 3.18. The first-order chi connectivity index (χ1) is 8.24. The molecule has 0 saturated carbocycles. The molecule has 0 aliphatic carbocycles. The second kappa shape index (κ2) is 4.78. The summed E-state index contributed by atoms with van der Waals surface area (Å²) in [6.07, 6.45) is 3.70. The van der Waals surface area contributed by atoms with Gasteiger partial charge < -0.3 is 9.30 Å². The maximum absolute atomic E-state index is 13.8. The van der Waals surface area contributed by atoms with Crippen LogP contribution in [0.4, 0.5) is 4.39 Å². The van der Waals surface area contributed by atoms with Crippen molar-refractivity contribution in [2.45, 2.75) is 6.54 Å². The van der Waals surface area contributed by atoms with Gasteiger partial charge >= 0.3 is 0 Å². The highest BCUT2D eigenvalue weighted by atomic mass is 19.1. The molecule has 2 aromatic rings. The lowest BCUT2D eigenvalue weighted by Crippen LogP contribution is -2.01. The van der Waals surface area contributed by atoms with E-state index < -0.39 is 5.82 Å². The third kappa shape index (κ3) is 2.33. The van der Waals surface area contributed by atoms with Crippen molar-refractivity contribution in [3.8, 4) is 5.75 Å². The molecule has 0 radical (unpaired) electrons. The van der Waals surface area contributed by atoms with E-state index >= 15 is 0 Å². The highest BCUT2D eigenvalue weighted by Gasteiger charge is 2.08. The first-order valence-corrected chi connectivity index (χ1v) is 5.03. The molecule has 17 heavy (non-hydrogen) atoms. The van der Waals surface area contributed by atoms with Gasteiger partial charge in [-0.2, -0.15) is 0 Å². The first kappa shape index (κ1) is 11.3. The zero-order chi connectivity index (χ0) is 12.3. The number of nitrogens with zero attached hydrogens (tertiary/aromatic N) is 2. The number of ether oxygens (including phenoxy) is 1. The molecule has 0 unspecified atom stereocenters. The van der Waals surface area contributed by atoms with E-state index in [1.54, 1.807) is 29.0 Å². The number of methoxy groups -OCH3 is 1. The van der Waals surface area contributed by atoms with E-state index in [9.17, 15) is 9.18 Å².